The number of ether oxygens (including phenoxy) is 1. The van der Waals surface area contributed by atoms with Crippen LogP contribution in [0.25, 0.3) is 10.9 Å². The number of hydrogen-bond donors (Lipinski definition) is 2. The fourth-order valence-corrected chi connectivity index (χ4v) is 1.73. The van der Waals surface area contributed by atoms with E-state index in [9.17, 15) is 4.79 Å². The third-order valence-corrected chi connectivity index (χ3v) is 2.43. The van der Waals surface area contributed by atoms with Crippen LogP contribution in [0, 0.1) is 6.92 Å². The summed E-state index contributed by atoms with van der Waals surface area (Å²) in [5.74, 6) is -0.337. The van der Waals surface area contributed by atoms with Crippen LogP contribution in [0.4, 0.5) is 0 Å². The molecule has 2 rings (SSSR count). The van der Waals surface area contributed by atoms with Crippen molar-refractivity contribution in [1.82, 2.24) is 4.98 Å². The third kappa shape index (κ3) is 1.34. The summed E-state index contributed by atoms with van der Waals surface area (Å²) in [6.07, 6.45) is 1.48. The number of aromatic nitrogens is 1. The highest BCUT2D eigenvalue weighted by atomic mass is 16.5. The number of H-pyrrole nitrogens is 1. The van der Waals surface area contributed by atoms with E-state index in [0.29, 0.717) is 11.1 Å². The molecular formula is C11H11NO3. The number of fused-ring (bicyclic) bond motifs is 1. The van der Waals surface area contributed by atoms with Crippen molar-refractivity contribution < 1.29 is 14.6 Å². The number of methoxy groups -OCH3 is 1. The molecule has 1 aromatic carbocycles. The normalized spacial score (nSPS) is 10.5. The Balaban J connectivity index is 2.86. The zero-order chi connectivity index (χ0) is 11.0. The number of carboxylic acid groups (broad SMARTS) is 1. The first-order chi connectivity index (χ1) is 7.15. The van der Waals surface area contributed by atoms with E-state index in [4.69, 9.17) is 9.84 Å². The highest BCUT2D eigenvalue weighted by Gasteiger charge is 2.15. The number of aromatic amines is 1. The fraction of sp³-hybridized carbons (Fsp3) is 0.182. The summed E-state index contributed by atoms with van der Waals surface area (Å²) in [6.45, 7) is 1.89. The fourth-order valence-electron chi connectivity index (χ4n) is 1.73. The minimum Gasteiger partial charge on any atom is -0.496 e. The molecule has 1 heterocycles. The Labute approximate surface area is 86.5 Å². The molecule has 0 aliphatic carbocycles. The van der Waals surface area contributed by atoms with Crippen molar-refractivity contribution in [3.63, 3.8) is 0 Å². The Kier molecular flexibility index (Phi) is 2.11. The summed E-state index contributed by atoms with van der Waals surface area (Å²) >= 11 is 0. The van der Waals surface area contributed by atoms with Crippen molar-refractivity contribution in [2.45, 2.75) is 6.92 Å². The van der Waals surface area contributed by atoms with Crippen molar-refractivity contribution in [3.8, 4) is 5.75 Å². The average Bonchev–Trinajstić information content (AvgIpc) is 2.61. The van der Waals surface area contributed by atoms with Gasteiger partial charge in [0.05, 0.1) is 23.6 Å². The molecule has 4 nitrogen and oxygen atoms in total. The number of benzene rings is 1. The molecule has 4 heteroatoms. The second-order valence-electron chi connectivity index (χ2n) is 3.35. The van der Waals surface area contributed by atoms with Gasteiger partial charge in [0.1, 0.15) is 5.75 Å². The SMILES string of the molecule is COc1c(C)ccc2[nH]cc(C(=O)O)c12. The Hall–Kier alpha value is -1.97. The van der Waals surface area contributed by atoms with Gasteiger partial charge in [-0.3, -0.25) is 0 Å². The summed E-state index contributed by atoms with van der Waals surface area (Å²) < 4.78 is 5.22. The number of hydrogen-bond acceptors (Lipinski definition) is 2. The van der Waals surface area contributed by atoms with Gasteiger partial charge in [-0.25, -0.2) is 4.79 Å². The lowest BCUT2D eigenvalue weighted by Gasteiger charge is -2.06. The quantitative estimate of drug-likeness (QED) is 0.789. The molecule has 78 valence electrons. The van der Waals surface area contributed by atoms with Gasteiger partial charge in [-0.05, 0) is 18.6 Å². The Morgan fingerprint density at radius 3 is 2.80 bits per heavy atom. The van der Waals surface area contributed by atoms with E-state index in [1.54, 1.807) is 7.11 Å². The van der Waals surface area contributed by atoms with Crippen LogP contribution >= 0.6 is 0 Å². The van der Waals surface area contributed by atoms with E-state index in [1.807, 2.05) is 19.1 Å². The maximum atomic E-state index is 11.0. The zero-order valence-corrected chi connectivity index (χ0v) is 8.50. The maximum absolute atomic E-state index is 11.0. The van der Waals surface area contributed by atoms with Crippen molar-refractivity contribution >= 4 is 16.9 Å². The molecular weight excluding hydrogens is 194 g/mol. The molecule has 15 heavy (non-hydrogen) atoms. The van der Waals surface area contributed by atoms with Crippen LogP contribution in [0.3, 0.4) is 0 Å². The predicted octanol–water partition coefficient (Wildman–Crippen LogP) is 2.18. The molecule has 2 aromatic rings. The molecule has 0 spiro atoms. The van der Waals surface area contributed by atoms with Crippen molar-refractivity contribution in [3.05, 3.63) is 29.5 Å². The first-order valence-electron chi connectivity index (χ1n) is 4.53. The van der Waals surface area contributed by atoms with Crippen LogP contribution in [-0.4, -0.2) is 23.2 Å². The summed E-state index contributed by atoms with van der Waals surface area (Å²) in [4.78, 5) is 13.9. The lowest BCUT2D eigenvalue weighted by molar-refractivity contribution is 0.0699. The minimum absolute atomic E-state index is 0.241. The lowest BCUT2D eigenvalue weighted by atomic mass is 10.1. The standard InChI is InChI=1S/C11H11NO3/c1-6-3-4-8-9(10(6)15-2)7(5-12-8)11(13)14/h3-5,12H,1-2H3,(H,13,14). The molecule has 0 fully saturated rings. The van der Waals surface area contributed by atoms with Gasteiger partial charge in [-0.1, -0.05) is 6.07 Å². The van der Waals surface area contributed by atoms with Gasteiger partial charge in [0, 0.05) is 6.20 Å². The number of nitrogens with one attached hydrogen (secondary N) is 1. The highest BCUT2D eigenvalue weighted by Crippen LogP contribution is 2.31. The monoisotopic (exact) mass is 205 g/mol. The van der Waals surface area contributed by atoms with Gasteiger partial charge in [0.25, 0.3) is 0 Å². The second-order valence-corrected chi connectivity index (χ2v) is 3.35. The van der Waals surface area contributed by atoms with Crippen molar-refractivity contribution in [2.24, 2.45) is 0 Å². The van der Waals surface area contributed by atoms with Gasteiger partial charge in [0.2, 0.25) is 0 Å². The van der Waals surface area contributed by atoms with Crippen LogP contribution in [0.5, 0.6) is 5.75 Å². The molecule has 0 amide bonds. The molecule has 2 N–H and O–H groups in total. The molecule has 0 unspecified atom stereocenters. The van der Waals surface area contributed by atoms with E-state index in [0.717, 1.165) is 11.1 Å². The van der Waals surface area contributed by atoms with E-state index >= 15 is 0 Å². The average molecular weight is 205 g/mol. The predicted molar refractivity (Wildman–Crippen MR) is 56.5 cm³/mol. The first kappa shape index (κ1) is 9.58. The Morgan fingerprint density at radius 1 is 1.47 bits per heavy atom. The number of carboxylic acids is 1. The number of aromatic carboxylic acids is 1. The van der Waals surface area contributed by atoms with E-state index in [1.165, 1.54) is 6.20 Å². The van der Waals surface area contributed by atoms with Gasteiger partial charge >= 0.3 is 5.97 Å². The minimum atomic E-state index is -0.954. The summed E-state index contributed by atoms with van der Waals surface area (Å²) in [5.41, 5.74) is 1.94. The maximum Gasteiger partial charge on any atom is 0.338 e. The zero-order valence-electron chi connectivity index (χ0n) is 8.50. The van der Waals surface area contributed by atoms with Gasteiger partial charge in [-0.15, -0.1) is 0 Å². The molecule has 0 atom stereocenters. The highest BCUT2D eigenvalue weighted by molar-refractivity contribution is 6.06. The number of aryl methyl sites for hydroxylation is 1. The van der Waals surface area contributed by atoms with Crippen LogP contribution in [0.1, 0.15) is 15.9 Å². The van der Waals surface area contributed by atoms with Crippen molar-refractivity contribution in [2.75, 3.05) is 7.11 Å². The summed E-state index contributed by atoms with van der Waals surface area (Å²) in [5, 5.41) is 9.64. The molecule has 0 saturated heterocycles. The van der Waals surface area contributed by atoms with Crippen LogP contribution in [-0.2, 0) is 0 Å². The number of carbonyl (C=O) groups is 1. The Morgan fingerprint density at radius 2 is 2.20 bits per heavy atom. The molecule has 0 aliphatic heterocycles. The first-order valence-corrected chi connectivity index (χ1v) is 4.53. The van der Waals surface area contributed by atoms with E-state index in [-0.39, 0.29) is 5.56 Å². The Bertz CT molecular complexity index is 528. The smallest absolute Gasteiger partial charge is 0.338 e. The van der Waals surface area contributed by atoms with Crippen LogP contribution in [0.15, 0.2) is 18.3 Å². The molecule has 0 radical (unpaired) electrons. The summed E-state index contributed by atoms with van der Waals surface area (Å²) in [7, 11) is 1.54. The van der Waals surface area contributed by atoms with Gasteiger partial charge in [0.15, 0.2) is 0 Å². The third-order valence-electron chi connectivity index (χ3n) is 2.43. The number of rotatable bonds is 2. The van der Waals surface area contributed by atoms with Crippen LogP contribution in [0.2, 0.25) is 0 Å². The molecule has 0 saturated carbocycles. The lowest BCUT2D eigenvalue weighted by Crippen LogP contribution is -1.96. The van der Waals surface area contributed by atoms with Gasteiger partial charge in [-0.2, -0.15) is 0 Å². The van der Waals surface area contributed by atoms with E-state index < -0.39 is 5.97 Å². The van der Waals surface area contributed by atoms with Gasteiger partial charge < -0.3 is 14.8 Å². The van der Waals surface area contributed by atoms with Crippen LogP contribution < -0.4 is 4.74 Å². The molecule has 0 bridgehead atoms. The molecule has 0 aliphatic rings. The molecule has 1 aromatic heterocycles. The van der Waals surface area contributed by atoms with E-state index in [2.05, 4.69) is 4.98 Å². The second kappa shape index (κ2) is 3.31. The summed E-state index contributed by atoms with van der Waals surface area (Å²) in [6, 6.07) is 3.74. The topological polar surface area (TPSA) is 62.3 Å². The van der Waals surface area contributed by atoms with Crippen molar-refractivity contribution in [1.29, 1.82) is 0 Å². The largest absolute Gasteiger partial charge is 0.496 e.